The van der Waals surface area contributed by atoms with Crippen LogP contribution < -0.4 is 5.32 Å². The molecule has 69 heavy (non-hydrogen) atoms. The number of furan rings is 1. The molecular formula is C63H39N5O. The van der Waals surface area contributed by atoms with Crippen LogP contribution in [0, 0.1) is 0 Å². The summed E-state index contributed by atoms with van der Waals surface area (Å²) in [4.78, 5) is 11.3. The average Bonchev–Trinajstić information content (AvgIpc) is 4.06. The van der Waals surface area contributed by atoms with E-state index in [0.29, 0.717) is 11.7 Å². The van der Waals surface area contributed by atoms with E-state index in [-0.39, 0.29) is 0 Å². The molecule has 6 heteroatoms. The predicted octanol–water partition coefficient (Wildman–Crippen LogP) is 15.7. The highest BCUT2D eigenvalue weighted by Crippen LogP contribution is 2.42. The van der Waals surface area contributed by atoms with Crippen molar-refractivity contribution in [3.05, 3.63) is 241 Å². The van der Waals surface area contributed by atoms with Crippen LogP contribution in [0.25, 0.3) is 109 Å². The Kier molecular flexibility index (Phi) is 8.03. The molecule has 1 atom stereocenters. The number of nitrogens with one attached hydrogen (secondary N) is 1. The van der Waals surface area contributed by atoms with Gasteiger partial charge in [-0.2, -0.15) is 0 Å². The van der Waals surface area contributed by atoms with E-state index < -0.39 is 6.17 Å². The summed E-state index contributed by atoms with van der Waals surface area (Å²) in [5.41, 5.74) is 11.0. The molecule has 0 spiro atoms. The molecule has 14 aromatic rings. The molecule has 0 fully saturated rings. The van der Waals surface area contributed by atoms with Gasteiger partial charge in [-0.05, 0) is 111 Å². The van der Waals surface area contributed by atoms with Crippen molar-refractivity contribution in [2.75, 3.05) is 0 Å². The number of aliphatic imine (C=N–C) groups is 2. The molecule has 0 saturated carbocycles. The number of nitrogens with zero attached hydrogens (tertiary/aromatic N) is 4. The topological polar surface area (TPSA) is 59.8 Å². The van der Waals surface area contributed by atoms with E-state index in [1.165, 1.54) is 43.1 Å². The first-order valence-electron chi connectivity index (χ1n) is 23.5. The lowest BCUT2D eigenvalue weighted by Crippen LogP contribution is -2.34. The molecule has 1 aliphatic rings. The number of rotatable bonds is 5. The van der Waals surface area contributed by atoms with Crippen molar-refractivity contribution in [1.29, 1.82) is 0 Å². The molecule has 0 saturated heterocycles. The fourth-order valence-electron chi connectivity index (χ4n) is 11.1. The van der Waals surface area contributed by atoms with Crippen molar-refractivity contribution in [2.24, 2.45) is 9.98 Å². The molecular weight excluding hydrogens is 843 g/mol. The highest BCUT2D eigenvalue weighted by molar-refractivity contribution is 6.24. The molecule has 322 valence electrons. The molecule has 1 N–H and O–H groups in total. The van der Waals surface area contributed by atoms with E-state index in [1.807, 2.05) is 6.07 Å². The minimum absolute atomic E-state index is 0.479. The smallest absolute Gasteiger partial charge is 0.161 e. The molecule has 6 nitrogen and oxygen atoms in total. The van der Waals surface area contributed by atoms with Gasteiger partial charge in [-0.15, -0.1) is 0 Å². The summed E-state index contributed by atoms with van der Waals surface area (Å²) in [6.45, 7) is 0. The van der Waals surface area contributed by atoms with Gasteiger partial charge in [0.15, 0.2) is 5.84 Å². The van der Waals surface area contributed by atoms with Gasteiger partial charge in [-0.3, -0.25) is 0 Å². The van der Waals surface area contributed by atoms with Crippen molar-refractivity contribution in [3.63, 3.8) is 0 Å². The van der Waals surface area contributed by atoms with Crippen molar-refractivity contribution < 1.29 is 4.42 Å². The number of benzene rings is 11. The Labute approximate surface area is 395 Å². The quantitative estimate of drug-likeness (QED) is 0.187. The van der Waals surface area contributed by atoms with Crippen LogP contribution in [-0.4, -0.2) is 20.8 Å². The van der Waals surface area contributed by atoms with Crippen LogP contribution in [0.5, 0.6) is 0 Å². The molecule has 0 radical (unpaired) electrons. The third kappa shape index (κ3) is 5.79. The number of amidine groups is 2. The fraction of sp³-hybridized carbons (Fsp3) is 0.0159. The Morgan fingerprint density at radius 2 is 1.00 bits per heavy atom. The fourth-order valence-corrected chi connectivity index (χ4v) is 11.1. The van der Waals surface area contributed by atoms with Crippen molar-refractivity contribution in [2.45, 2.75) is 6.17 Å². The third-order valence-corrected chi connectivity index (χ3v) is 14.3. The average molecular weight is 882 g/mol. The van der Waals surface area contributed by atoms with Gasteiger partial charge in [0.1, 0.15) is 23.2 Å². The largest absolute Gasteiger partial charge is 0.456 e. The van der Waals surface area contributed by atoms with E-state index in [9.17, 15) is 0 Å². The van der Waals surface area contributed by atoms with Gasteiger partial charge in [0.2, 0.25) is 0 Å². The second-order valence-electron chi connectivity index (χ2n) is 18.2. The highest BCUT2D eigenvalue weighted by Gasteiger charge is 2.28. The van der Waals surface area contributed by atoms with E-state index in [4.69, 9.17) is 14.4 Å². The zero-order valence-corrected chi connectivity index (χ0v) is 37.1. The SMILES string of the molecule is c1ccc(-n2c3ccccc3c3cccc(C4=NC(c5ccc6ccccc6c5)NC(c5cc6oc7ccccc7c6cc5-n5c6cc7ccccc7cc6c6cc7ccccc7cc65)=N4)c32)cc1. The highest BCUT2D eigenvalue weighted by atomic mass is 16.3. The Balaban J connectivity index is 1.05. The number of hydrogen-bond donors (Lipinski definition) is 1. The lowest BCUT2D eigenvalue weighted by atomic mass is 10.0. The number of fused-ring (bicyclic) bond motifs is 12. The van der Waals surface area contributed by atoms with E-state index >= 15 is 0 Å². The lowest BCUT2D eigenvalue weighted by molar-refractivity contribution is 0.666. The Bertz CT molecular complexity index is 4440. The maximum atomic E-state index is 6.75. The van der Waals surface area contributed by atoms with Crippen LogP contribution >= 0.6 is 0 Å². The molecule has 1 unspecified atom stereocenters. The maximum absolute atomic E-state index is 6.75. The minimum Gasteiger partial charge on any atom is -0.456 e. The summed E-state index contributed by atoms with van der Waals surface area (Å²) in [5, 5.41) is 17.8. The second-order valence-corrected chi connectivity index (χ2v) is 18.2. The molecule has 3 aromatic heterocycles. The van der Waals surface area contributed by atoms with Gasteiger partial charge in [-0.25, -0.2) is 9.98 Å². The maximum Gasteiger partial charge on any atom is 0.161 e. The molecule has 11 aromatic carbocycles. The van der Waals surface area contributed by atoms with Gasteiger partial charge >= 0.3 is 0 Å². The molecule has 1 aliphatic heterocycles. The predicted molar refractivity (Wildman–Crippen MR) is 287 cm³/mol. The Hall–Kier alpha value is -9.26. The van der Waals surface area contributed by atoms with Gasteiger partial charge in [0.25, 0.3) is 0 Å². The van der Waals surface area contributed by atoms with Gasteiger partial charge in [-0.1, -0.05) is 152 Å². The minimum atomic E-state index is -0.479. The van der Waals surface area contributed by atoms with Gasteiger partial charge in [0.05, 0.1) is 27.8 Å². The van der Waals surface area contributed by atoms with Gasteiger partial charge < -0.3 is 18.9 Å². The molecule has 0 aliphatic carbocycles. The second kappa shape index (κ2) is 14.6. The van der Waals surface area contributed by atoms with Crippen LogP contribution in [0.4, 0.5) is 0 Å². The van der Waals surface area contributed by atoms with Crippen LogP contribution in [0.3, 0.4) is 0 Å². The van der Waals surface area contributed by atoms with Gasteiger partial charge in [0, 0.05) is 49.1 Å². The Morgan fingerprint density at radius 1 is 0.391 bits per heavy atom. The summed E-state index contributed by atoms with van der Waals surface area (Å²) < 4.78 is 11.6. The van der Waals surface area contributed by atoms with E-state index in [1.54, 1.807) is 0 Å². The van der Waals surface area contributed by atoms with Crippen molar-refractivity contribution in [3.8, 4) is 11.4 Å². The van der Waals surface area contributed by atoms with Crippen LogP contribution in [-0.2, 0) is 0 Å². The summed E-state index contributed by atoms with van der Waals surface area (Å²) >= 11 is 0. The first kappa shape index (κ1) is 37.9. The first-order valence-corrected chi connectivity index (χ1v) is 23.5. The summed E-state index contributed by atoms with van der Waals surface area (Å²) in [7, 11) is 0. The van der Waals surface area contributed by atoms with Crippen LogP contribution in [0.15, 0.2) is 239 Å². The standard InChI is InChI=1S/C63H39N5O/c1-2-21-45(22-3-1)67-54-27-12-10-23-46(54)48-25-14-26-49(60(48)67)62-64-61(44-30-29-38-15-4-5-16-39(38)31-44)65-63(66-62)53-37-59-52(47-24-11-13-28-58(47)69-59)36-57(53)68-55-34-42-19-8-6-17-40(42)32-50(55)51-33-41-18-7-9-20-43(41)35-56(51)68/h1-37,61H,(H,64,65,66). The number of aromatic nitrogens is 2. The summed E-state index contributed by atoms with van der Waals surface area (Å²) in [5.74, 6) is 1.34. The molecule has 4 heterocycles. The summed E-state index contributed by atoms with van der Waals surface area (Å²) in [6.07, 6.45) is -0.479. The van der Waals surface area contributed by atoms with Crippen molar-refractivity contribution >= 4 is 110 Å². The zero-order valence-electron chi connectivity index (χ0n) is 37.1. The first-order chi connectivity index (χ1) is 34.2. The third-order valence-electron chi connectivity index (χ3n) is 14.3. The monoisotopic (exact) mass is 881 g/mol. The number of para-hydroxylation sites is 4. The molecule has 15 rings (SSSR count). The van der Waals surface area contributed by atoms with E-state index in [2.05, 4.69) is 233 Å². The van der Waals surface area contributed by atoms with E-state index in [0.717, 1.165) is 82.8 Å². The molecule has 0 bridgehead atoms. The van der Waals surface area contributed by atoms with Crippen LogP contribution in [0.2, 0.25) is 0 Å². The zero-order chi connectivity index (χ0) is 45.2. The molecule has 0 amide bonds. The summed E-state index contributed by atoms with van der Waals surface area (Å²) in [6, 6.07) is 80.5. The lowest BCUT2D eigenvalue weighted by Gasteiger charge is -2.26. The normalized spacial score (nSPS) is 14.2. The van der Waals surface area contributed by atoms with Crippen LogP contribution in [0.1, 0.15) is 22.9 Å². The Morgan fingerprint density at radius 3 is 1.74 bits per heavy atom. The number of hydrogen-bond acceptors (Lipinski definition) is 4. The van der Waals surface area contributed by atoms with Crippen molar-refractivity contribution in [1.82, 2.24) is 14.5 Å².